The second-order valence-corrected chi connectivity index (χ2v) is 7.60. The number of urea groups is 1. The smallest absolute Gasteiger partial charge is 0.318 e. The lowest BCUT2D eigenvalue weighted by Gasteiger charge is -2.24. The van der Waals surface area contributed by atoms with Crippen molar-refractivity contribution in [2.24, 2.45) is 7.05 Å². The van der Waals surface area contributed by atoms with E-state index in [0.29, 0.717) is 6.54 Å². The number of amides is 2. The molecule has 0 fully saturated rings. The Labute approximate surface area is 151 Å². The predicted molar refractivity (Wildman–Crippen MR) is 101 cm³/mol. The highest BCUT2D eigenvalue weighted by molar-refractivity contribution is 7.11. The Bertz CT molecular complexity index is 913. The molecule has 0 radical (unpaired) electrons. The summed E-state index contributed by atoms with van der Waals surface area (Å²) in [6, 6.07) is 7.73. The van der Waals surface area contributed by atoms with Crippen LogP contribution in [0.1, 0.15) is 34.4 Å². The molecule has 0 saturated heterocycles. The summed E-state index contributed by atoms with van der Waals surface area (Å²) >= 11 is 1.66. The molecule has 6 nitrogen and oxygen atoms in total. The molecule has 7 heteroatoms. The molecule has 0 unspecified atom stereocenters. The van der Waals surface area contributed by atoms with Gasteiger partial charge in [-0.2, -0.15) is 0 Å². The number of hydrogen-bond donors (Lipinski definition) is 1. The second-order valence-electron chi connectivity index (χ2n) is 6.20. The molecular formula is C18H23N5OS. The molecule has 2 aromatic heterocycles. The number of thiazole rings is 1. The molecule has 3 rings (SSSR count). The molecule has 0 aliphatic heterocycles. The molecule has 0 aliphatic carbocycles. The van der Waals surface area contributed by atoms with Crippen molar-refractivity contribution in [2.45, 2.75) is 33.4 Å². The van der Waals surface area contributed by atoms with Crippen LogP contribution in [0.2, 0.25) is 0 Å². The van der Waals surface area contributed by atoms with Crippen molar-refractivity contribution in [2.75, 3.05) is 7.05 Å². The largest absolute Gasteiger partial charge is 0.331 e. The van der Waals surface area contributed by atoms with Crippen LogP contribution in [-0.2, 0) is 13.6 Å². The van der Waals surface area contributed by atoms with Crippen molar-refractivity contribution in [3.63, 3.8) is 0 Å². The van der Waals surface area contributed by atoms with Crippen LogP contribution in [0.15, 0.2) is 24.3 Å². The minimum absolute atomic E-state index is 0.0783. The summed E-state index contributed by atoms with van der Waals surface area (Å²) in [6.45, 7) is 6.41. The van der Waals surface area contributed by atoms with Crippen LogP contribution in [0.3, 0.4) is 0 Å². The number of hydrogen-bond acceptors (Lipinski definition) is 4. The van der Waals surface area contributed by atoms with Gasteiger partial charge in [0.15, 0.2) is 0 Å². The van der Waals surface area contributed by atoms with Gasteiger partial charge in [0.25, 0.3) is 0 Å². The maximum Gasteiger partial charge on any atom is 0.318 e. The Kier molecular flexibility index (Phi) is 4.76. The highest BCUT2D eigenvalue weighted by Gasteiger charge is 2.22. The number of aryl methyl sites for hydroxylation is 3. The SMILES string of the molecule is Cc1nc([C@H](C)N(C)C(=O)NCc2nc3ccccc3n2C)c(C)s1. The van der Waals surface area contributed by atoms with E-state index in [2.05, 4.69) is 15.3 Å². The third kappa shape index (κ3) is 3.37. The predicted octanol–water partition coefficient (Wildman–Crippen LogP) is 3.55. The van der Waals surface area contributed by atoms with Gasteiger partial charge in [-0.1, -0.05) is 12.1 Å². The number of para-hydroxylation sites is 2. The van der Waals surface area contributed by atoms with Crippen molar-refractivity contribution in [1.29, 1.82) is 0 Å². The molecule has 1 N–H and O–H groups in total. The number of nitrogens with zero attached hydrogens (tertiary/aromatic N) is 4. The van der Waals surface area contributed by atoms with E-state index in [-0.39, 0.29) is 12.1 Å². The molecule has 132 valence electrons. The normalized spacial score (nSPS) is 12.4. The number of aromatic nitrogens is 3. The number of imidazole rings is 1. The molecule has 25 heavy (non-hydrogen) atoms. The minimum atomic E-state index is -0.135. The molecular weight excluding hydrogens is 334 g/mol. The summed E-state index contributed by atoms with van der Waals surface area (Å²) in [6.07, 6.45) is 0. The zero-order chi connectivity index (χ0) is 18.1. The number of fused-ring (bicyclic) bond motifs is 1. The van der Waals surface area contributed by atoms with Crippen molar-refractivity contribution in [3.8, 4) is 0 Å². The summed E-state index contributed by atoms with van der Waals surface area (Å²) in [5, 5.41) is 3.98. The molecule has 1 atom stereocenters. The number of nitrogens with one attached hydrogen (secondary N) is 1. The molecule has 3 aromatic rings. The number of carbonyl (C=O) groups excluding carboxylic acids is 1. The first-order chi connectivity index (χ1) is 11.9. The second kappa shape index (κ2) is 6.84. The fourth-order valence-electron chi connectivity index (χ4n) is 2.92. The Balaban J connectivity index is 1.69. The summed E-state index contributed by atoms with van der Waals surface area (Å²) in [7, 11) is 3.76. The fourth-order valence-corrected chi connectivity index (χ4v) is 3.83. The highest BCUT2D eigenvalue weighted by Crippen LogP contribution is 2.26. The first-order valence-electron chi connectivity index (χ1n) is 8.23. The van der Waals surface area contributed by atoms with Crippen LogP contribution in [0, 0.1) is 13.8 Å². The fraction of sp³-hybridized carbons (Fsp3) is 0.389. The van der Waals surface area contributed by atoms with Gasteiger partial charge in [0.2, 0.25) is 0 Å². The number of benzene rings is 1. The van der Waals surface area contributed by atoms with E-state index in [1.807, 2.05) is 56.7 Å². The van der Waals surface area contributed by atoms with Gasteiger partial charge >= 0.3 is 6.03 Å². The topological polar surface area (TPSA) is 63.1 Å². The average Bonchev–Trinajstić information content (AvgIpc) is 3.10. The van der Waals surface area contributed by atoms with Gasteiger partial charge in [0.1, 0.15) is 5.82 Å². The zero-order valence-corrected chi connectivity index (χ0v) is 16.0. The Morgan fingerprint density at radius 1 is 1.32 bits per heavy atom. The standard InChI is InChI=1S/C18H23N5OS/c1-11(17-12(2)25-13(3)20-17)22(4)18(24)19-10-16-21-14-8-6-7-9-15(14)23(16)5/h6-9,11H,10H2,1-5H3,(H,19,24)/t11-/m0/s1. The zero-order valence-electron chi connectivity index (χ0n) is 15.2. The van der Waals surface area contributed by atoms with E-state index < -0.39 is 0 Å². The van der Waals surface area contributed by atoms with Crippen LogP contribution in [0.25, 0.3) is 11.0 Å². The van der Waals surface area contributed by atoms with E-state index in [4.69, 9.17) is 0 Å². The lowest BCUT2D eigenvalue weighted by Crippen LogP contribution is -2.39. The number of rotatable bonds is 4. The first kappa shape index (κ1) is 17.4. The molecule has 0 saturated carbocycles. The lowest BCUT2D eigenvalue weighted by atomic mass is 10.2. The van der Waals surface area contributed by atoms with E-state index in [1.54, 1.807) is 23.3 Å². The van der Waals surface area contributed by atoms with Crippen molar-refractivity contribution >= 4 is 28.4 Å². The Morgan fingerprint density at radius 3 is 2.68 bits per heavy atom. The summed E-state index contributed by atoms with van der Waals surface area (Å²) in [5.74, 6) is 0.830. The van der Waals surface area contributed by atoms with Gasteiger partial charge in [-0.15, -0.1) is 11.3 Å². The summed E-state index contributed by atoms with van der Waals surface area (Å²) in [4.78, 5) is 24.5. The van der Waals surface area contributed by atoms with Crippen LogP contribution < -0.4 is 5.32 Å². The van der Waals surface area contributed by atoms with E-state index in [0.717, 1.165) is 32.4 Å². The van der Waals surface area contributed by atoms with Crippen molar-refractivity contribution in [3.05, 3.63) is 45.7 Å². The van der Waals surface area contributed by atoms with Crippen LogP contribution in [0.4, 0.5) is 4.79 Å². The maximum absolute atomic E-state index is 12.5. The minimum Gasteiger partial charge on any atom is -0.331 e. The molecule has 2 amide bonds. The van der Waals surface area contributed by atoms with Gasteiger partial charge in [-0.05, 0) is 32.9 Å². The van der Waals surface area contributed by atoms with Crippen LogP contribution in [0.5, 0.6) is 0 Å². The molecule has 0 spiro atoms. The Hall–Kier alpha value is -2.41. The molecule has 0 bridgehead atoms. The van der Waals surface area contributed by atoms with Gasteiger partial charge in [0.05, 0.1) is 34.3 Å². The Morgan fingerprint density at radius 2 is 2.04 bits per heavy atom. The lowest BCUT2D eigenvalue weighted by molar-refractivity contribution is 0.192. The van der Waals surface area contributed by atoms with Gasteiger partial charge in [-0.25, -0.2) is 14.8 Å². The summed E-state index contributed by atoms with van der Waals surface area (Å²) in [5.41, 5.74) is 2.95. The summed E-state index contributed by atoms with van der Waals surface area (Å²) < 4.78 is 2.01. The highest BCUT2D eigenvalue weighted by atomic mass is 32.1. The van der Waals surface area contributed by atoms with Crippen molar-refractivity contribution < 1.29 is 4.79 Å². The quantitative estimate of drug-likeness (QED) is 0.777. The average molecular weight is 357 g/mol. The van der Waals surface area contributed by atoms with Crippen LogP contribution >= 0.6 is 11.3 Å². The van der Waals surface area contributed by atoms with E-state index in [1.165, 1.54) is 0 Å². The van der Waals surface area contributed by atoms with Gasteiger partial charge < -0.3 is 14.8 Å². The molecule has 1 aromatic carbocycles. The van der Waals surface area contributed by atoms with Gasteiger partial charge in [0, 0.05) is 19.0 Å². The third-order valence-corrected chi connectivity index (χ3v) is 5.42. The van der Waals surface area contributed by atoms with E-state index in [9.17, 15) is 4.79 Å². The van der Waals surface area contributed by atoms with Gasteiger partial charge in [-0.3, -0.25) is 0 Å². The maximum atomic E-state index is 12.5. The van der Waals surface area contributed by atoms with Crippen LogP contribution in [-0.4, -0.2) is 32.5 Å². The van der Waals surface area contributed by atoms with Crippen molar-refractivity contribution in [1.82, 2.24) is 24.8 Å². The number of carbonyl (C=O) groups is 1. The third-order valence-electron chi connectivity index (χ3n) is 4.51. The monoisotopic (exact) mass is 357 g/mol. The molecule has 2 heterocycles. The first-order valence-corrected chi connectivity index (χ1v) is 9.05. The molecule has 0 aliphatic rings. The van der Waals surface area contributed by atoms with E-state index >= 15 is 0 Å².